The van der Waals surface area contributed by atoms with Gasteiger partial charge in [-0.3, -0.25) is 0 Å². The van der Waals surface area contributed by atoms with Gasteiger partial charge in [-0.25, -0.2) is 17.9 Å². The Bertz CT molecular complexity index is 767. The minimum atomic E-state index is -3.65. The molecule has 21 heavy (non-hydrogen) atoms. The fourth-order valence-corrected chi connectivity index (χ4v) is 4.68. The van der Waals surface area contributed by atoms with Gasteiger partial charge in [0.25, 0.3) is 0 Å². The van der Waals surface area contributed by atoms with Crippen LogP contribution in [0.2, 0.25) is 0 Å². The quantitative estimate of drug-likeness (QED) is 0.884. The van der Waals surface area contributed by atoms with Gasteiger partial charge < -0.3 is 5.11 Å². The average Bonchev–Trinajstić information content (AvgIpc) is 3.01. The topological polar surface area (TPSA) is 83.5 Å². The summed E-state index contributed by atoms with van der Waals surface area (Å²) < 4.78 is 27.1. The number of hydrogen-bond acceptors (Lipinski definition) is 4. The second-order valence-corrected chi connectivity index (χ2v) is 7.79. The van der Waals surface area contributed by atoms with Gasteiger partial charge >= 0.3 is 5.97 Å². The number of carboxylic acids is 1. The van der Waals surface area contributed by atoms with Crippen molar-refractivity contribution in [2.45, 2.75) is 22.6 Å². The molecule has 1 fully saturated rings. The zero-order valence-corrected chi connectivity index (χ0v) is 12.5. The van der Waals surface area contributed by atoms with Crippen molar-refractivity contribution in [3.05, 3.63) is 52.9 Å². The van der Waals surface area contributed by atoms with Crippen LogP contribution in [0.4, 0.5) is 0 Å². The first-order chi connectivity index (χ1) is 9.97. The van der Waals surface area contributed by atoms with Crippen molar-refractivity contribution in [2.75, 3.05) is 0 Å². The lowest BCUT2D eigenvalue weighted by Crippen LogP contribution is -2.26. The number of carboxylic acid groups (broad SMARTS) is 1. The zero-order chi connectivity index (χ0) is 15.0. The van der Waals surface area contributed by atoms with E-state index in [-0.39, 0.29) is 21.7 Å². The predicted molar refractivity (Wildman–Crippen MR) is 79.2 cm³/mol. The number of thiophene rings is 1. The third-order valence-electron chi connectivity index (χ3n) is 3.41. The monoisotopic (exact) mass is 323 g/mol. The van der Waals surface area contributed by atoms with E-state index in [4.69, 9.17) is 5.11 Å². The maximum atomic E-state index is 12.2. The van der Waals surface area contributed by atoms with Gasteiger partial charge in [0.05, 0.1) is 5.56 Å². The van der Waals surface area contributed by atoms with E-state index in [9.17, 15) is 13.2 Å². The summed E-state index contributed by atoms with van der Waals surface area (Å²) in [5.41, 5.74) is 1.11. The molecule has 1 aliphatic rings. The van der Waals surface area contributed by atoms with Crippen LogP contribution in [0.1, 0.15) is 28.3 Å². The third kappa shape index (κ3) is 2.99. The molecule has 1 saturated carbocycles. The zero-order valence-electron chi connectivity index (χ0n) is 10.9. The Morgan fingerprint density at radius 3 is 2.62 bits per heavy atom. The van der Waals surface area contributed by atoms with Gasteiger partial charge in [0.2, 0.25) is 10.0 Å². The molecule has 0 amide bonds. The first kappa shape index (κ1) is 14.2. The minimum absolute atomic E-state index is 0.00391. The average molecular weight is 323 g/mol. The number of sulfonamides is 1. The molecule has 2 N–H and O–H groups in total. The van der Waals surface area contributed by atoms with Crippen LogP contribution < -0.4 is 4.72 Å². The Kier molecular flexibility index (Phi) is 3.56. The highest BCUT2D eigenvalue weighted by atomic mass is 32.2. The lowest BCUT2D eigenvalue weighted by molar-refractivity contribution is 0.0697. The van der Waals surface area contributed by atoms with Gasteiger partial charge in [-0.1, -0.05) is 30.3 Å². The van der Waals surface area contributed by atoms with Crippen LogP contribution in [0, 0.1) is 0 Å². The number of nitrogens with one attached hydrogen (secondary N) is 1. The minimum Gasteiger partial charge on any atom is -0.478 e. The highest BCUT2D eigenvalue weighted by Gasteiger charge is 2.41. The van der Waals surface area contributed by atoms with Gasteiger partial charge in [0, 0.05) is 17.3 Å². The summed E-state index contributed by atoms with van der Waals surface area (Å²) in [6.45, 7) is 0. The maximum absolute atomic E-state index is 12.2. The van der Waals surface area contributed by atoms with Crippen molar-refractivity contribution in [3.8, 4) is 0 Å². The van der Waals surface area contributed by atoms with Gasteiger partial charge in [-0.15, -0.1) is 11.3 Å². The largest absolute Gasteiger partial charge is 0.478 e. The number of rotatable bonds is 5. The Balaban J connectivity index is 1.71. The van der Waals surface area contributed by atoms with Gasteiger partial charge in [-0.2, -0.15) is 0 Å². The lowest BCUT2D eigenvalue weighted by Gasteiger charge is -2.04. The van der Waals surface area contributed by atoms with Crippen molar-refractivity contribution in [2.24, 2.45) is 0 Å². The highest BCUT2D eigenvalue weighted by Crippen LogP contribution is 2.41. The first-order valence-electron chi connectivity index (χ1n) is 6.36. The molecule has 0 bridgehead atoms. The smallest absolute Gasteiger partial charge is 0.336 e. The van der Waals surface area contributed by atoms with Crippen molar-refractivity contribution < 1.29 is 18.3 Å². The van der Waals surface area contributed by atoms with E-state index in [2.05, 4.69) is 4.72 Å². The number of benzene rings is 1. The molecule has 0 saturated heterocycles. The van der Waals surface area contributed by atoms with Crippen molar-refractivity contribution in [1.29, 1.82) is 0 Å². The second-order valence-electron chi connectivity index (χ2n) is 4.94. The molecule has 2 atom stereocenters. The van der Waals surface area contributed by atoms with Crippen LogP contribution in [0.15, 0.2) is 46.0 Å². The fourth-order valence-electron chi connectivity index (χ4n) is 2.22. The highest BCUT2D eigenvalue weighted by molar-refractivity contribution is 7.91. The lowest BCUT2D eigenvalue weighted by atomic mass is 10.1. The normalized spacial score (nSPS) is 21.1. The van der Waals surface area contributed by atoms with Crippen molar-refractivity contribution >= 4 is 27.3 Å². The fraction of sp³-hybridized carbons (Fsp3) is 0.214. The van der Waals surface area contributed by atoms with Crippen LogP contribution in [-0.4, -0.2) is 25.5 Å². The maximum Gasteiger partial charge on any atom is 0.336 e. The predicted octanol–water partition coefficient (Wildman–Crippen LogP) is 2.28. The van der Waals surface area contributed by atoms with E-state index in [1.807, 2.05) is 30.3 Å². The molecule has 1 aliphatic carbocycles. The Morgan fingerprint density at radius 1 is 1.29 bits per heavy atom. The molecule has 0 radical (unpaired) electrons. The summed E-state index contributed by atoms with van der Waals surface area (Å²) in [5, 5.41) is 10.2. The summed E-state index contributed by atoms with van der Waals surface area (Å²) >= 11 is 0.920. The Labute approximate surface area is 126 Å². The van der Waals surface area contributed by atoms with E-state index in [0.717, 1.165) is 23.3 Å². The van der Waals surface area contributed by atoms with Gasteiger partial charge in [0.15, 0.2) is 0 Å². The standard InChI is InChI=1S/C14H13NO4S2/c16-14(17)10-6-13(20-8-10)21(18,19)15-12-7-11(12)9-4-2-1-3-5-9/h1-6,8,11-12,15H,7H2,(H,16,17). The molecule has 0 spiro atoms. The molecule has 110 valence electrons. The van der Waals surface area contributed by atoms with E-state index < -0.39 is 16.0 Å². The SMILES string of the molecule is O=C(O)c1csc(S(=O)(=O)NC2CC2c2ccccc2)c1. The van der Waals surface area contributed by atoms with E-state index in [1.165, 1.54) is 11.4 Å². The van der Waals surface area contributed by atoms with Crippen LogP contribution in [-0.2, 0) is 10.0 Å². The third-order valence-corrected chi connectivity index (χ3v) is 6.34. The van der Waals surface area contributed by atoms with E-state index in [1.54, 1.807) is 0 Å². The number of aromatic carboxylic acids is 1. The van der Waals surface area contributed by atoms with Crippen LogP contribution in [0.5, 0.6) is 0 Å². The second kappa shape index (κ2) is 5.25. The first-order valence-corrected chi connectivity index (χ1v) is 8.73. The molecule has 1 aromatic heterocycles. The summed E-state index contributed by atoms with van der Waals surface area (Å²) in [6, 6.07) is 10.8. The Morgan fingerprint density at radius 2 is 2.00 bits per heavy atom. The summed E-state index contributed by atoms with van der Waals surface area (Å²) in [6.07, 6.45) is 0.764. The molecule has 0 aliphatic heterocycles. The van der Waals surface area contributed by atoms with Gasteiger partial charge in [-0.05, 0) is 18.1 Å². The van der Waals surface area contributed by atoms with Gasteiger partial charge in [0.1, 0.15) is 4.21 Å². The number of hydrogen-bond donors (Lipinski definition) is 2. The van der Waals surface area contributed by atoms with E-state index in [0.29, 0.717) is 0 Å². The molecular weight excluding hydrogens is 310 g/mol. The molecule has 1 aromatic carbocycles. The van der Waals surface area contributed by atoms with Crippen LogP contribution >= 0.6 is 11.3 Å². The summed E-state index contributed by atoms with van der Waals surface area (Å²) in [4.78, 5) is 10.8. The summed E-state index contributed by atoms with van der Waals surface area (Å²) in [5.74, 6) is -0.929. The number of carbonyl (C=O) groups is 1. The van der Waals surface area contributed by atoms with Crippen LogP contribution in [0.25, 0.3) is 0 Å². The Hall–Kier alpha value is -1.70. The van der Waals surface area contributed by atoms with Crippen molar-refractivity contribution in [3.63, 3.8) is 0 Å². The summed E-state index contributed by atoms with van der Waals surface area (Å²) in [7, 11) is -3.65. The molecule has 2 aromatic rings. The molecular formula is C14H13NO4S2. The molecule has 1 heterocycles. The molecule has 2 unspecified atom stereocenters. The molecule has 5 nitrogen and oxygen atoms in total. The van der Waals surface area contributed by atoms with Crippen molar-refractivity contribution in [1.82, 2.24) is 4.72 Å². The van der Waals surface area contributed by atoms with Crippen LogP contribution in [0.3, 0.4) is 0 Å². The molecule has 7 heteroatoms. The molecule has 3 rings (SSSR count). The van der Waals surface area contributed by atoms with E-state index >= 15 is 0 Å².